The maximum atomic E-state index is 14.2. The Morgan fingerprint density at radius 1 is 0.316 bits per heavy atom. The lowest BCUT2D eigenvalue weighted by atomic mass is 9.12. The number of para-hydroxylation sites is 1. The number of hydrogen-bond donors (Lipinski definition) is 0. The van der Waals surface area contributed by atoms with E-state index in [2.05, 4.69) is 87.2 Å². The number of benzene rings is 6. The summed E-state index contributed by atoms with van der Waals surface area (Å²) in [5, 5.41) is 2.15. The van der Waals surface area contributed by atoms with Gasteiger partial charge in [0.05, 0.1) is 49.8 Å². The molecule has 0 radical (unpaired) electrons. The number of aromatic nitrogens is 1. The molecule has 0 aliphatic carbocycles. The first-order valence-corrected chi connectivity index (χ1v) is 22.1. The molecule has 76 heavy (non-hydrogen) atoms. The van der Waals surface area contributed by atoms with Crippen LogP contribution < -0.4 is 26.4 Å². The minimum Gasteiger partial charge on any atom is -0.194 e. The van der Waals surface area contributed by atoms with Gasteiger partial charge in [0.1, 0.15) is 6.15 Å². The predicted molar refractivity (Wildman–Crippen MR) is 232 cm³/mol. The van der Waals surface area contributed by atoms with Crippen molar-refractivity contribution in [3.8, 4) is 0 Å². The number of alkyl halides is 25. The summed E-state index contributed by atoms with van der Waals surface area (Å²) in [6.07, 6.45) is -54.8. The third-order valence-corrected chi connectivity index (χ3v) is 12.4. The highest BCUT2D eigenvalue weighted by atomic mass is 79.9. The molecule has 0 fully saturated rings. The standard InChI is InChI=1S/C32H12BF24.C17H15BrN/c34-25(35,36)13-1-14(26(37,38)39)6-21(5-13)33(22-7-15(27(40,41)42)2-16(8-22)28(43,44)45,23-9-17(29(46,47)48)3-18(10-23)30(49,50)51)24-11-19(31(52,53)54)4-20(12-24)32(55,56)57;18-12-16-11-10-15-8-4-5-9-17(15)19(16)13-14-6-2-1-3-7-14/h1-12H;1-11H,12-13H2/q-1;+1. The molecule has 6 aromatic carbocycles. The van der Waals surface area contributed by atoms with Crippen LogP contribution in [0, 0.1) is 0 Å². The summed E-state index contributed by atoms with van der Waals surface area (Å²) in [4.78, 5) is 0. The van der Waals surface area contributed by atoms with Gasteiger partial charge >= 0.3 is 49.4 Å². The summed E-state index contributed by atoms with van der Waals surface area (Å²) in [5.41, 5.74) is -26.3. The Morgan fingerprint density at radius 3 is 0.842 bits per heavy atom. The van der Waals surface area contributed by atoms with Gasteiger partial charge in [-0.2, -0.15) is 132 Å². The predicted octanol–water partition coefficient (Wildman–Crippen LogP) is 15.3. The lowest BCUT2D eigenvalue weighted by Gasteiger charge is -2.46. The molecule has 0 saturated heterocycles. The van der Waals surface area contributed by atoms with E-state index in [0.717, 1.165) is 11.9 Å². The van der Waals surface area contributed by atoms with Crippen LogP contribution in [0.5, 0.6) is 0 Å². The Morgan fingerprint density at radius 2 is 0.579 bits per heavy atom. The average molecular weight is 1180 g/mol. The zero-order valence-electron chi connectivity index (χ0n) is 37.2. The van der Waals surface area contributed by atoms with E-state index in [1.54, 1.807) is 0 Å². The molecule has 0 N–H and O–H groups in total. The van der Waals surface area contributed by atoms with Crippen molar-refractivity contribution in [2.75, 3.05) is 0 Å². The van der Waals surface area contributed by atoms with Gasteiger partial charge in [0, 0.05) is 23.1 Å². The molecule has 406 valence electrons. The highest BCUT2D eigenvalue weighted by molar-refractivity contribution is 9.08. The molecule has 0 amide bonds. The number of hydrogen-bond acceptors (Lipinski definition) is 0. The van der Waals surface area contributed by atoms with Crippen molar-refractivity contribution >= 4 is 54.8 Å². The zero-order chi connectivity index (χ0) is 57.0. The van der Waals surface area contributed by atoms with Crippen LogP contribution in [0.2, 0.25) is 0 Å². The van der Waals surface area contributed by atoms with Crippen molar-refractivity contribution in [2.24, 2.45) is 0 Å². The van der Waals surface area contributed by atoms with Crippen molar-refractivity contribution in [2.45, 2.75) is 61.3 Å². The van der Waals surface area contributed by atoms with Crippen LogP contribution in [0.25, 0.3) is 10.9 Å². The SMILES string of the molecule is BrCc1ccc2ccccc2[n+]1Cc1ccccc1.FC(F)(F)c1cc([B-](c2cc(C(F)(F)F)cc(C(F)(F)F)c2)(c2cc(C(F)(F)F)cc(C(F)(F)F)c2)c2cc(C(F)(F)F)cc(C(F)(F)F)c2)cc(C(F)(F)F)c1. The number of rotatable bonds is 7. The lowest BCUT2D eigenvalue weighted by Crippen LogP contribution is -2.75. The molecule has 1 nitrogen and oxygen atoms in total. The summed E-state index contributed by atoms with van der Waals surface area (Å²) in [6, 6.07) is 14.7. The van der Waals surface area contributed by atoms with E-state index in [-0.39, 0.29) is 0 Å². The number of fused-ring (bicyclic) bond motifs is 1. The Bertz CT molecular complexity index is 2780. The van der Waals surface area contributed by atoms with Crippen LogP contribution in [-0.2, 0) is 61.3 Å². The van der Waals surface area contributed by atoms with Crippen LogP contribution >= 0.6 is 15.9 Å². The van der Waals surface area contributed by atoms with E-state index in [1.807, 2.05) is 0 Å². The molecule has 0 bridgehead atoms. The summed E-state index contributed by atoms with van der Waals surface area (Å²) in [7, 11) is 0. The fraction of sp³-hybridized carbons (Fsp3) is 0.204. The monoisotopic (exact) mass is 1180 g/mol. The second-order valence-corrected chi connectivity index (χ2v) is 17.4. The molecule has 1 heterocycles. The zero-order valence-corrected chi connectivity index (χ0v) is 38.8. The van der Waals surface area contributed by atoms with Gasteiger partial charge in [0.2, 0.25) is 5.52 Å². The topological polar surface area (TPSA) is 3.88 Å². The average Bonchev–Trinajstić information content (AvgIpc) is 3.30. The largest absolute Gasteiger partial charge is 0.416 e. The maximum Gasteiger partial charge on any atom is 0.416 e. The Labute approximate surface area is 420 Å². The molecular weight excluding hydrogens is 1150 g/mol. The Balaban J connectivity index is 0.000000408. The molecule has 0 atom stereocenters. The van der Waals surface area contributed by atoms with E-state index >= 15 is 0 Å². The van der Waals surface area contributed by atoms with Gasteiger partial charge < -0.3 is 0 Å². The fourth-order valence-electron chi connectivity index (χ4n) is 8.44. The van der Waals surface area contributed by atoms with Crippen LogP contribution in [-0.4, -0.2) is 6.15 Å². The minimum atomic E-state index is -6.13. The highest BCUT2D eigenvalue weighted by Gasteiger charge is 2.47. The van der Waals surface area contributed by atoms with Crippen molar-refractivity contribution in [3.63, 3.8) is 0 Å². The number of halogens is 25. The Kier molecular flexibility index (Phi) is 15.9. The van der Waals surface area contributed by atoms with E-state index in [0.29, 0.717) is 0 Å². The molecule has 7 rings (SSSR count). The molecular formula is C49H27BBrF24N. The quantitative estimate of drug-likeness (QED) is 0.0648. The van der Waals surface area contributed by atoms with Gasteiger partial charge in [-0.1, -0.05) is 107 Å². The van der Waals surface area contributed by atoms with Gasteiger partial charge in [0.15, 0.2) is 12.2 Å². The Hall–Kier alpha value is -6.41. The first-order valence-electron chi connectivity index (χ1n) is 21.0. The summed E-state index contributed by atoms with van der Waals surface area (Å²) in [5.74, 6) is 0. The van der Waals surface area contributed by atoms with E-state index in [1.165, 1.54) is 22.2 Å². The first kappa shape index (κ1) is 58.8. The molecule has 1 aromatic heterocycles. The first-order chi connectivity index (χ1) is 34.6. The van der Waals surface area contributed by atoms with Crippen LogP contribution in [0.1, 0.15) is 55.8 Å². The highest BCUT2D eigenvalue weighted by Crippen LogP contribution is 2.41. The smallest absolute Gasteiger partial charge is 0.194 e. The van der Waals surface area contributed by atoms with Crippen LogP contribution in [0.3, 0.4) is 0 Å². The third-order valence-electron chi connectivity index (χ3n) is 11.8. The second-order valence-electron chi connectivity index (χ2n) is 16.8. The summed E-state index contributed by atoms with van der Waals surface area (Å²) >= 11 is 3.59. The van der Waals surface area contributed by atoms with Gasteiger partial charge in [-0.15, -0.1) is 0 Å². The number of nitrogens with zero attached hydrogens (tertiary/aromatic N) is 1. The van der Waals surface area contributed by atoms with Crippen molar-refractivity contribution in [3.05, 3.63) is 195 Å². The molecule has 0 spiro atoms. The van der Waals surface area contributed by atoms with Crippen LogP contribution in [0.4, 0.5) is 105 Å². The molecule has 0 saturated carbocycles. The molecule has 0 aliphatic heterocycles. The summed E-state index contributed by atoms with van der Waals surface area (Å²) in [6.45, 7) is 0.906. The van der Waals surface area contributed by atoms with E-state index in [4.69, 9.17) is 0 Å². The normalized spacial score (nSPS) is 13.4. The van der Waals surface area contributed by atoms with E-state index < -0.39 is 195 Å². The van der Waals surface area contributed by atoms with Gasteiger partial charge in [0.25, 0.3) is 0 Å². The second kappa shape index (κ2) is 20.5. The van der Waals surface area contributed by atoms with Gasteiger partial charge in [-0.05, 0) is 36.4 Å². The minimum absolute atomic E-state index is 0.691. The van der Waals surface area contributed by atoms with Gasteiger partial charge in [-0.3, -0.25) is 0 Å². The summed E-state index contributed by atoms with van der Waals surface area (Å²) < 4.78 is 343. The lowest BCUT2D eigenvalue weighted by molar-refractivity contribution is -0.668. The van der Waals surface area contributed by atoms with E-state index in [9.17, 15) is 105 Å². The van der Waals surface area contributed by atoms with Crippen LogP contribution in [0.15, 0.2) is 140 Å². The molecule has 0 unspecified atom stereocenters. The van der Waals surface area contributed by atoms with Gasteiger partial charge in [-0.25, -0.2) is 0 Å². The molecule has 0 aliphatic rings. The fourth-order valence-corrected chi connectivity index (χ4v) is 8.93. The molecule has 7 aromatic rings. The maximum absolute atomic E-state index is 14.2. The van der Waals surface area contributed by atoms with Crippen molar-refractivity contribution in [1.82, 2.24) is 0 Å². The molecule has 27 heteroatoms. The van der Waals surface area contributed by atoms with Crippen molar-refractivity contribution < 1.29 is 110 Å². The number of pyridine rings is 1. The third kappa shape index (κ3) is 13.0. The van der Waals surface area contributed by atoms with Crippen molar-refractivity contribution in [1.29, 1.82) is 0 Å².